The molecule has 0 spiro atoms. The van der Waals surface area contributed by atoms with Gasteiger partial charge < -0.3 is 9.84 Å². The van der Waals surface area contributed by atoms with Crippen LogP contribution < -0.4 is 5.32 Å². The lowest BCUT2D eigenvalue weighted by Gasteiger charge is -2.41. The Morgan fingerprint density at radius 2 is 1.97 bits per heavy atom. The number of nitrogens with zero attached hydrogens (tertiary/aromatic N) is 2. The van der Waals surface area contributed by atoms with Crippen molar-refractivity contribution in [1.82, 2.24) is 15.4 Å². The fraction of sp³-hybridized carbons (Fsp3) is 0.565. The Morgan fingerprint density at radius 1 is 1.24 bits per heavy atom. The Morgan fingerprint density at radius 3 is 2.66 bits per heavy atom. The highest BCUT2D eigenvalue weighted by Gasteiger charge is 2.38. The molecule has 2 fully saturated rings. The van der Waals surface area contributed by atoms with E-state index in [0.29, 0.717) is 24.1 Å². The normalized spacial score (nSPS) is 23.7. The zero-order valence-electron chi connectivity index (χ0n) is 17.2. The van der Waals surface area contributed by atoms with Crippen LogP contribution in [0.15, 0.2) is 34.9 Å². The number of amides is 1. The van der Waals surface area contributed by atoms with E-state index in [1.54, 1.807) is 12.1 Å². The molecule has 0 radical (unpaired) electrons. The molecule has 29 heavy (non-hydrogen) atoms. The van der Waals surface area contributed by atoms with Crippen LogP contribution in [-0.2, 0) is 11.3 Å². The maximum Gasteiger partial charge on any atom is 0.237 e. The van der Waals surface area contributed by atoms with E-state index in [-0.39, 0.29) is 23.8 Å². The lowest BCUT2D eigenvalue weighted by Crippen LogP contribution is -2.61. The van der Waals surface area contributed by atoms with Gasteiger partial charge in [0.25, 0.3) is 0 Å². The Balaban J connectivity index is 1.51. The summed E-state index contributed by atoms with van der Waals surface area (Å²) in [5.41, 5.74) is 1.60. The van der Waals surface area contributed by atoms with Crippen LogP contribution >= 0.6 is 0 Å². The molecule has 4 rings (SSSR count). The van der Waals surface area contributed by atoms with Gasteiger partial charge in [0.2, 0.25) is 5.91 Å². The molecule has 2 aromatic rings. The monoisotopic (exact) mass is 399 g/mol. The van der Waals surface area contributed by atoms with Crippen molar-refractivity contribution in [2.75, 3.05) is 6.54 Å². The van der Waals surface area contributed by atoms with Gasteiger partial charge >= 0.3 is 0 Å². The van der Waals surface area contributed by atoms with Crippen molar-refractivity contribution >= 4 is 5.91 Å². The molecule has 2 heterocycles. The third kappa shape index (κ3) is 4.69. The average Bonchev–Trinajstić information content (AvgIpc) is 3.37. The van der Waals surface area contributed by atoms with Gasteiger partial charge in [0.05, 0.1) is 11.7 Å². The van der Waals surface area contributed by atoms with Gasteiger partial charge in [-0.1, -0.05) is 31.8 Å². The Labute approximate surface area is 171 Å². The average molecular weight is 400 g/mol. The van der Waals surface area contributed by atoms with E-state index in [1.165, 1.54) is 37.8 Å². The van der Waals surface area contributed by atoms with Gasteiger partial charge in [0, 0.05) is 30.8 Å². The van der Waals surface area contributed by atoms with Crippen LogP contribution in [0.2, 0.25) is 0 Å². The molecule has 1 aliphatic carbocycles. The van der Waals surface area contributed by atoms with E-state index in [4.69, 9.17) is 4.52 Å². The van der Waals surface area contributed by atoms with Crippen LogP contribution in [0.4, 0.5) is 4.39 Å². The minimum Gasteiger partial charge on any atom is -0.356 e. The van der Waals surface area contributed by atoms with Gasteiger partial charge in [-0.3, -0.25) is 9.69 Å². The van der Waals surface area contributed by atoms with Gasteiger partial charge in [0.15, 0.2) is 5.76 Å². The third-order valence-electron chi connectivity index (χ3n) is 6.22. The fourth-order valence-corrected chi connectivity index (χ4v) is 4.72. The van der Waals surface area contributed by atoms with E-state index < -0.39 is 0 Å². The topological polar surface area (TPSA) is 58.4 Å². The largest absolute Gasteiger partial charge is 0.356 e. The number of piperazine rings is 1. The van der Waals surface area contributed by atoms with Crippen LogP contribution in [-0.4, -0.2) is 34.6 Å². The highest BCUT2D eigenvalue weighted by Crippen LogP contribution is 2.31. The predicted octanol–water partition coefficient (Wildman–Crippen LogP) is 4.39. The summed E-state index contributed by atoms with van der Waals surface area (Å²) in [6.45, 7) is 5.74. The first-order valence-electron chi connectivity index (χ1n) is 10.8. The maximum absolute atomic E-state index is 13.2. The number of hydrogen-bond acceptors (Lipinski definition) is 4. The minimum atomic E-state index is -0.276. The minimum absolute atomic E-state index is 0.140. The SMILES string of the molecule is CC(C)C[C@H]1C(=O)N[C@@H](C2CCCC2)CN1Cc1cc(-c2ccc(F)cc2)on1. The molecule has 156 valence electrons. The van der Waals surface area contributed by atoms with Gasteiger partial charge in [-0.25, -0.2) is 4.39 Å². The van der Waals surface area contributed by atoms with Crippen LogP contribution in [0, 0.1) is 17.7 Å². The number of carbonyl (C=O) groups excluding carboxylic acids is 1. The van der Waals surface area contributed by atoms with Crippen molar-refractivity contribution in [2.45, 2.75) is 64.6 Å². The zero-order chi connectivity index (χ0) is 20.4. The summed E-state index contributed by atoms with van der Waals surface area (Å²) in [5.74, 6) is 1.50. The van der Waals surface area contributed by atoms with E-state index in [2.05, 4.69) is 29.2 Å². The fourth-order valence-electron chi connectivity index (χ4n) is 4.72. The van der Waals surface area contributed by atoms with Gasteiger partial charge in [-0.05, 0) is 55.4 Å². The summed E-state index contributed by atoms with van der Waals surface area (Å²) in [5, 5.41) is 7.53. The van der Waals surface area contributed by atoms with Crippen molar-refractivity contribution in [3.05, 3.63) is 41.8 Å². The number of hydrogen-bond donors (Lipinski definition) is 1. The molecule has 5 nitrogen and oxygen atoms in total. The van der Waals surface area contributed by atoms with Crippen LogP contribution in [0.3, 0.4) is 0 Å². The van der Waals surface area contributed by atoms with Gasteiger partial charge in [-0.2, -0.15) is 0 Å². The number of rotatable bonds is 6. The van der Waals surface area contributed by atoms with E-state index in [0.717, 1.165) is 24.2 Å². The first-order valence-corrected chi connectivity index (χ1v) is 10.8. The maximum atomic E-state index is 13.2. The predicted molar refractivity (Wildman–Crippen MR) is 109 cm³/mol. The summed E-state index contributed by atoms with van der Waals surface area (Å²) >= 11 is 0. The number of halogens is 1. The summed E-state index contributed by atoms with van der Waals surface area (Å²) in [7, 11) is 0. The molecule has 2 atom stereocenters. The smallest absolute Gasteiger partial charge is 0.237 e. The van der Waals surface area contributed by atoms with E-state index in [1.807, 2.05) is 6.07 Å². The molecule has 0 unspecified atom stereocenters. The second kappa shape index (κ2) is 8.66. The molecular weight excluding hydrogens is 369 g/mol. The second-order valence-corrected chi connectivity index (χ2v) is 8.92. The molecule has 1 aromatic heterocycles. The Kier molecular flexibility index (Phi) is 5.99. The molecule has 1 amide bonds. The molecule has 0 bridgehead atoms. The first kappa shape index (κ1) is 20.1. The van der Waals surface area contributed by atoms with Crippen LogP contribution in [0.5, 0.6) is 0 Å². The van der Waals surface area contributed by atoms with E-state index >= 15 is 0 Å². The number of nitrogens with one attached hydrogen (secondary N) is 1. The zero-order valence-corrected chi connectivity index (χ0v) is 17.2. The Hall–Kier alpha value is -2.21. The molecule has 1 N–H and O–H groups in total. The van der Waals surface area contributed by atoms with Crippen molar-refractivity contribution in [1.29, 1.82) is 0 Å². The molecule has 1 aromatic carbocycles. The summed E-state index contributed by atoms with van der Waals surface area (Å²) in [4.78, 5) is 15.2. The molecular formula is C23H30FN3O2. The molecule has 1 aliphatic heterocycles. The summed E-state index contributed by atoms with van der Waals surface area (Å²) < 4.78 is 18.7. The first-order chi connectivity index (χ1) is 14.0. The van der Waals surface area contributed by atoms with Gasteiger partial charge in [-0.15, -0.1) is 0 Å². The Bertz CT molecular complexity index is 827. The van der Waals surface area contributed by atoms with Crippen molar-refractivity contribution in [3.63, 3.8) is 0 Å². The number of carbonyl (C=O) groups is 1. The standard InChI is InChI=1S/C23H30FN3O2/c1-15(2)11-21-23(28)25-20(16-5-3-4-6-16)14-27(21)13-19-12-22(29-26-19)17-7-9-18(24)10-8-17/h7-10,12,15-16,20-21H,3-6,11,13-14H2,1-2H3,(H,25,28)/t20-,21+/m1/s1. The van der Waals surface area contributed by atoms with Crippen LogP contribution in [0.1, 0.15) is 51.6 Å². The van der Waals surface area contributed by atoms with E-state index in [9.17, 15) is 9.18 Å². The van der Waals surface area contributed by atoms with Crippen molar-refractivity contribution in [2.24, 2.45) is 11.8 Å². The third-order valence-corrected chi connectivity index (χ3v) is 6.22. The summed E-state index contributed by atoms with van der Waals surface area (Å²) in [6.07, 6.45) is 5.75. The van der Waals surface area contributed by atoms with Crippen molar-refractivity contribution < 1.29 is 13.7 Å². The number of aromatic nitrogens is 1. The van der Waals surface area contributed by atoms with Crippen LogP contribution in [0.25, 0.3) is 11.3 Å². The molecule has 1 saturated heterocycles. The quantitative estimate of drug-likeness (QED) is 0.783. The molecule has 1 saturated carbocycles. The lowest BCUT2D eigenvalue weighted by atomic mass is 9.91. The highest BCUT2D eigenvalue weighted by atomic mass is 19.1. The molecule has 2 aliphatic rings. The van der Waals surface area contributed by atoms with Gasteiger partial charge in [0.1, 0.15) is 5.82 Å². The lowest BCUT2D eigenvalue weighted by molar-refractivity contribution is -0.132. The highest BCUT2D eigenvalue weighted by molar-refractivity contribution is 5.83. The van der Waals surface area contributed by atoms with Crippen molar-refractivity contribution in [3.8, 4) is 11.3 Å². The summed E-state index contributed by atoms with van der Waals surface area (Å²) in [6, 6.07) is 8.18. The second-order valence-electron chi connectivity index (χ2n) is 8.92. The number of benzene rings is 1. The molecule has 6 heteroatoms.